The normalized spacial score (nSPS) is 14.0. The molecule has 0 radical (unpaired) electrons. The summed E-state index contributed by atoms with van der Waals surface area (Å²) in [5.41, 5.74) is 0. The van der Waals surface area contributed by atoms with Gasteiger partial charge in [-0.25, -0.2) is 0 Å². The molecule has 4 nitrogen and oxygen atoms in total. The molecule has 0 saturated carbocycles. The van der Waals surface area contributed by atoms with Crippen molar-refractivity contribution < 1.29 is 15.7 Å². The molecule has 0 aromatic heterocycles. The van der Waals surface area contributed by atoms with Crippen LogP contribution < -0.4 is 5.32 Å². The van der Waals surface area contributed by atoms with Crippen molar-refractivity contribution in [3.8, 4) is 0 Å². The number of halogens is 1. The molecule has 0 bridgehead atoms. The van der Waals surface area contributed by atoms with Gasteiger partial charge in [-0.15, -0.1) is 12.4 Å². The van der Waals surface area contributed by atoms with Crippen LogP contribution in [0, 0.1) is 0 Å². The molecule has 0 aromatic carbocycles. The number of rotatable bonds is 0. The first kappa shape index (κ1) is 15.9. The Morgan fingerprint density at radius 1 is 1.33 bits per heavy atom. The standard InChI is InChI=1S/C4H7NO.ClH.2H2O/c6-4-2-1-3-5-4;;;/h1-3H2,(H,5,6);1H;2*1H2. The predicted octanol–water partition coefficient (Wildman–Crippen LogP) is -1.33. The van der Waals surface area contributed by atoms with Gasteiger partial charge in [0.2, 0.25) is 5.91 Å². The van der Waals surface area contributed by atoms with Crippen LogP contribution in [0.25, 0.3) is 0 Å². The lowest BCUT2D eigenvalue weighted by Gasteiger charge is -1.80. The minimum atomic E-state index is 0. The number of carbonyl (C=O) groups is 1. The molecular formula is C4H12ClNO3. The predicted molar refractivity (Wildman–Crippen MR) is 36.7 cm³/mol. The third-order valence-electron chi connectivity index (χ3n) is 0.903. The summed E-state index contributed by atoms with van der Waals surface area (Å²) in [6, 6.07) is 0. The monoisotopic (exact) mass is 157 g/mol. The lowest BCUT2D eigenvalue weighted by Crippen LogP contribution is -2.12. The molecule has 0 aromatic rings. The van der Waals surface area contributed by atoms with Crippen LogP contribution in [0.4, 0.5) is 0 Å². The summed E-state index contributed by atoms with van der Waals surface area (Å²) in [5.74, 6) is 0.204. The summed E-state index contributed by atoms with van der Waals surface area (Å²) in [6.45, 7) is 0.888. The second kappa shape index (κ2) is 7.68. The van der Waals surface area contributed by atoms with E-state index in [1.54, 1.807) is 0 Å². The second-order valence-corrected chi connectivity index (χ2v) is 1.45. The van der Waals surface area contributed by atoms with Crippen molar-refractivity contribution in [2.45, 2.75) is 12.8 Å². The van der Waals surface area contributed by atoms with Gasteiger partial charge >= 0.3 is 0 Å². The molecule has 1 fully saturated rings. The van der Waals surface area contributed by atoms with Crippen LogP contribution in [0.5, 0.6) is 0 Å². The smallest absolute Gasteiger partial charge is 0.220 e. The zero-order valence-corrected chi connectivity index (χ0v) is 5.75. The van der Waals surface area contributed by atoms with E-state index < -0.39 is 0 Å². The number of hydrogen-bond acceptors (Lipinski definition) is 1. The fraction of sp³-hybridized carbons (Fsp3) is 0.750. The zero-order chi connectivity index (χ0) is 4.41. The Hall–Kier alpha value is -0.320. The van der Waals surface area contributed by atoms with Crippen molar-refractivity contribution in [3.63, 3.8) is 0 Å². The average molecular weight is 158 g/mol. The molecule has 5 heteroatoms. The third kappa shape index (κ3) is 5.55. The topological polar surface area (TPSA) is 92.1 Å². The molecule has 1 aliphatic heterocycles. The molecule has 0 atom stereocenters. The van der Waals surface area contributed by atoms with E-state index in [4.69, 9.17) is 0 Å². The largest absolute Gasteiger partial charge is 0.412 e. The minimum Gasteiger partial charge on any atom is -0.412 e. The van der Waals surface area contributed by atoms with E-state index in [0.717, 1.165) is 19.4 Å². The van der Waals surface area contributed by atoms with Crippen molar-refractivity contribution in [3.05, 3.63) is 0 Å². The van der Waals surface area contributed by atoms with Crippen molar-refractivity contribution in [1.29, 1.82) is 0 Å². The summed E-state index contributed by atoms with van der Waals surface area (Å²) in [6.07, 6.45) is 1.76. The maximum atomic E-state index is 10.1. The first-order chi connectivity index (χ1) is 2.89. The van der Waals surface area contributed by atoms with Gasteiger partial charge in [-0.2, -0.15) is 0 Å². The second-order valence-electron chi connectivity index (χ2n) is 1.45. The van der Waals surface area contributed by atoms with E-state index in [9.17, 15) is 4.79 Å². The van der Waals surface area contributed by atoms with Crippen molar-refractivity contribution in [2.24, 2.45) is 0 Å². The maximum absolute atomic E-state index is 10.1. The molecule has 0 spiro atoms. The lowest BCUT2D eigenvalue weighted by molar-refractivity contribution is -0.119. The van der Waals surface area contributed by atoms with E-state index in [1.807, 2.05) is 0 Å². The van der Waals surface area contributed by atoms with Gasteiger partial charge in [0.05, 0.1) is 0 Å². The lowest BCUT2D eigenvalue weighted by atomic mass is 10.4. The molecular weight excluding hydrogens is 146 g/mol. The Bertz CT molecular complexity index is 70.2. The van der Waals surface area contributed by atoms with Gasteiger partial charge in [0, 0.05) is 13.0 Å². The molecule has 1 amide bonds. The molecule has 0 unspecified atom stereocenters. The van der Waals surface area contributed by atoms with Crippen LogP contribution in [0.2, 0.25) is 0 Å². The Kier molecular flexibility index (Phi) is 13.5. The average Bonchev–Trinajstić information content (AvgIpc) is 1.86. The molecule has 5 N–H and O–H groups in total. The fourth-order valence-corrected chi connectivity index (χ4v) is 0.565. The first-order valence-corrected chi connectivity index (χ1v) is 2.16. The number of nitrogens with one attached hydrogen (secondary N) is 1. The fourth-order valence-electron chi connectivity index (χ4n) is 0.565. The van der Waals surface area contributed by atoms with E-state index in [-0.39, 0.29) is 29.3 Å². The summed E-state index contributed by atoms with van der Waals surface area (Å²) >= 11 is 0. The Labute approximate surface area is 59.7 Å². The molecule has 1 rings (SSSR count). The van der Waals surface area contributed by atoms with Crippen LogP contribution in [-0.2, 0) is 4.79 Å². The van der Waals surface area contributed by atoms with Crippen LogP contribution in [0.3, 0.4) is 0 Å². The van der Waals surface area contributed by atoms with Crippen LogP contribution in [0.1, 0.15) is 12.8 Å². The number of carbonyl (C=O) groups excluding carboxylic acids is 1. The third-order valence-corrected chi connectivity index (χ3v) is 0.903. The number of hydrogen-bond donors (Lipinski definition) is 1. The number of amides is 1. The van der Waals surface area contributed by atoms with Gasteiger partial charge in [-0.1, -0.05) is 0 Å². The van der Waals surface area contributed by atoms with Crippen LogP contribution in [-0.4, -0.2) is 23.4 Å². The van der Waals surface area contributed by atoms with Crippen molar-refractivity contribution in [2.75, 3.05) is 6.54 Å². The van der Waals surface area contributed by atoms with Gasteiger partial charge in [0.25, 0.3) is 0 Å². The Balaban J connectivity index is -0.000000120. The van der Waals surface area contributed by atoms with E-state index in [2.05, 4.69) is 5.32 Å². The first-order valence-electron chi connectivity index (χ1n) is 2.16. The van der Waals surface area contributed by atoms with Gasteiger partial charge in [0.1, 0.15) is 0 Å². The summed E-state index contributed by atoms with van der Waals surface area (Å²) in [7, 11) is 0. The van der Waals surface area contributed by atoms with Crippen LogP contribution in [0.15, 0.2) is 0 Å². The highest BCUT2D eigenvalue weighted by Gasteiger charge is 2.05. The zero-order valence-electron chi connectivity index (χ0n) is 4.94. The molecule has 9 heavy (non-hydrogen) atoms. The van der Waals surface area contributed by atoms with E-state index in [1.165, 1.54) is 0 Å². The Morgan fingerprint density at radius 2 is 1.89 bits per heavy atom. The highest BCUT2D eigenvalue weighted by Crippen LogP contribution is 1.93. The summed E-state index contributed by atoms with van der Waals surface area (Å²) in [5, 5.41) is 2.68. The summed E-state index contributed by atoms with van der Waals surface area (Å²) < 4.78 is 0. The molecule has 1 saturated heterocycles. The highest BCUT2D eigenvalue weighted by molar-refractivity contribution is 5.85. The van der Waals surface area contributed by atoms with Gasteiger partial charge in [-0.3, -0.25) is 4.79 Å². The van der Waals surface area contributed by atoms with Gasteiger partial charge < -0.3 is 16.3 Å². The molecule has 1 aliphatic rings. The molecule has 58 valence electrons. The quantitative estimate of drug-likeness (QED) is 0.464. The molecule has 1 heterocycles. The van der Waals surface area contributed by atoms with E-state index in [0.29, 0.717) is 0 Å². The Morgan fingerprint density at radius 3 is 2.00 bits per heavy atom. The van der Waals surface area contributed by atoms with E-state index >= 15 is 0 Å². The van der Waals surface area contributed by atoms with Gasteiger partial charge in [-0.05, 0) is 6.42 Å². The van der Waals surface area contributed by atoms with Crippen molar-refractivity contribution >= 4 is 18.3 Å². The van der Waals surface area contributed by atoms with Crippen molar-refractivity contribution in [1.82, 2.24) is 5.32 Å². The summed E-state index contributed by atoms with van der Waals surface area (Å²) in [4.78, 5) is 10.1. The SMILES string of the molecule is Cl.O.O.O=C1CCCN1. The van der Waals surface area contributed by atoms with Gasteiger partial charge in [0.15, 0.2) is 0 Å². The van der Waals surface area contributed by atoms with Crippen LogP contribution >= 0.6 is 12.4 Å². The maximum Gasteiger partial charge on any atom is 0.220 e. The molecule has 0 aliphatic carbocycles. The highest BCUT2D eigenvalue weighted by atomic mass is 35.5. The minimum absolute atomic E-state index is 0.